The molecular weight excluding hydrogens is 397 g/mol. The summed E-state index contributed by atoms with van der Waals surface area (Å²) >= 11 is 0. The first-order valence-corrected chi connectivity index (χ1v) is 10.3. The highest BCUT2D eigenvalue weighted by Crippen LogP contribution is 2.29. The number of halogens is 3. The maximum atomic E-state index is 12.6. The summed E-state index contributed by atoms with van der Waals surface area (Å²) in [7, 11) is 1.99. The third-order valence-electron chi connectivity index (χ3n) is 5.04. The zero-order valence-corrected chi connectivity index (χ0v) is 17.6. The van der Waals surface area contributed by atoms with Crippen LogP contribution in [0, 0.1) is 5.92 Å². The van der Waals surface area contributed by atoms with Gasteiger partial charge in [0.15, 0.2) is 5.96 Å². The number of hydrogen-bond acceptors (Lipinski definition) is 3. The third kappa shape index (κ3) is 7.85. The average molecular weight is 428 g/mol. The number of nitrogens with one attached hydrogen (secondary N) is 2. The Morgan fingerprint density at radius 1 is 1.20 bits per heavy atom. The Kier molecular flexibility index (Phi) is 9.42. The zero-order chi connectivity index (χ0) is 22.0. The summed E-state index contributed by atoms with van der Waals surface area (Å²) in [5.74, 6) is 1.03. The van der Waals surface area contributed by atoms with Crippen LogP contribution < -0.4 is 10.6 Å². The maximum Gasteiger partial charge on any atom is 0.416 e. The predicted octanol–water partition coefficient (Wildman–Crippen LogP) is 3.15. The van der Waals surface area contributed by atoms with Gasteiger partial charge in [0, 0.05) is 45.5 Å². The maximum absolute atomic E-state index is 12.6. The predicted molar refractivity (Wildman–Crippen MR) is 111 cm³/mol. The van der Waals surface area contributed by atoms with Gasteiger partial charge < -0.3 is 20.3 Å². The number of ether oxygens (including phenoxy) is 1. The molecule has 1 aromatic carbocycles. The van der Waals surface area contributed by atoms with Crippen LogP contribution in [0.1, 0.15) is 42.1 Å². The molecule has 6 nitrogen and oxygen atoms in total. The molecular formula is C21H31F3N4O2. The van der Waals surface area contributed by atoms with Crippen molar-refractivity contribution in [1.82, 2.24) is 15.5 Å². The lowest BCUT2D eigenvalue weighted by molar-refractivity contribution is -0.137. The van der Waals surface area contributed by atoms with Crippen LogP contribution in [0.25, 0.3) is 0 Å². The van der Waals surface area contributed by atoms with Gasteiger partial charge in [-0.15, -0.1) is 0 Å². The van der Waals surface area contributed by atoms with Crippen molar-refractivity contribution in [3.05, 3.63) is 35.4 Å². The van der Waals surface area contributed by atoms with Gasteiger partial charge in [0.05, 0.1) is 12.1 Å². The SMILES string of the molecule is CCNC(=NCCNC(=O)c1ccc(C(F)(F)F)cc1)N(C)CCC1CCOCC1. The van der Waals surface area contributed by atoms with Crippen molar-refractivity contribution >= 4 is 11.9 Å². The van der Waals surface area contributed by atoms with Gasteiger partial charge in [-0.25, -0.2) is 0 Å². The number of amides is 1. The summed E-state index contributed by atoms with van der Waals surface area (Å²) in [6, 6.07) is 4.17. The number of carbonyl (C=O) groups is 1. The monoisotopic (exact) mass is 428 g/mol. The Balaban J connectivity index is 1.79. The summed E-state index contributed by atoms with van der Waals surface area (Å²) in [6.07, 6.45) is -1.15. The number of guanidine groups is 1. The van der Waals surface area contributed by atoms with Crippen LogP contribution in [-0.4, -0.2) is 63.2 Å². The molecule has 1 heterocycles. The minimum absolute atomic E-state index is 0.187. The van der Waals surface area contributed by atoms with E-state index in [0.717, 1.165) is 63.7 Å². The van der Waals surface area contributed by atoms with E-state index >= 15 is 0 Å². The highest BCUT2D eigenvalue weighted by Gasteiger charge is 2.30. The van der Waals surface area contributed by atoms with E-state index in [1.54, 1.807) is 0 Å². The summed E-state index contributed by atoms with van der Waals surface area (Å²) in [6.45, 7) is 5.95. The van der Waals surface area contributed by atoms with Gasteiger partial charge in [-0.3, -0.25) is 9.79 Å². The van der Waals surface area contributed by atoms with E-state index in [9.17, 15) is 18.0 Å². The number of carbonyl (C=O) groups excluding carboxylic acids is 1. The Morgan fingerprint density at radius 3 is 2.47 bits per heavy atom. The quantitative estimate of drug-likeness (QED) is 0.379. The van der Waals surface area contributed by atoms with Crippen molar-refractivity contribution < 1.29 is 22.7 Å². The molecule has 30 heavy (non-hydrogen) atoms. The summed E-state index contributed by atoms with van der Waals surface area (Å²) in [4.78, 5) is 18.7. The van der Waals surface area contributed by atoms with Gasteiger partial charge >= 0.3 is 6.18 Å². The molecule has 0 aromatic heterocycles. The molecule has 0 atom stereocenters. The second kappa shape index (κ2) is 11.8. The van der Waals surface area contributed by atoms with Crippen molar-refractivity contribution in [1.29, 1.82) is 0 Å². The third-order valence-corrected chi connectivity index (χ3v) is 5.04. The highest BCUT2D eigenvalue weighted by molar-refractivity contribution is 5.94. The molecule has 0 unspecified atom stereocenters. The first-order chi connectivity index (χ1) is 14.3. The Labute approximate surface area is 175 Å². The highest BCUT2D eigenvalue weighted by atomic mass is 19.4. The number of benzene rings is 1. The fourth-order valence-corrected chi connectivity index (χ4v) is 3.23. The molecule has 1 aromatic rings. The van der Waals surface area contributed by atoms with Crippen molar-refractivity contribution in [3.63, 3.8) is 0 Å². The van der Waals surface area contributed by atoms with Crippen LogP contribution in [0.4, 0.5) is 13.2 Å². The second-order valence-electron chi connectivity index (χ2n) is 7.33. The first-order valence-electron chi connectivity index (χ1n) is 10.3. The van der Waals surface area contributed by atoms with E-state index in [1.807, 2.05) is 14.0 Å². The fraction of sp³-hybridized carbons (Fsp3) is 0.619. The lowest BCUT2D eigenvalue weighted by Crippen LogP contribution is -2.40. The average Bonchev–Trinajstić information content (AvgIpc) is 2.74. The van der Waals surface area contributed by atoms with Crippen LogP contribution in [0.3, 0.4) is 0 Å². The van der Waals surface area contributed by atoms with Gasteiger partial charge in [-0.05, 0) is 56.4 Å². The number of hydrogen-bond donors (Lipinski definition) is 2. The van der Waals surface area contributed by atoms with Gasteiger partial charge in [-0.1, -0.05) is 0 Å². The van der Waals surface area contributed by atoms with E-state index < -0.39 is 17.6 Å². The number of rotatable bonds is 8. The smallest absolute Gasteiger partial charge is 0.381 e. The van der Waals surface area contributed by atoms with Gasteiger partial charge in [0.1, 0.15) is 0 Å². The number of aliphatic imine (C=N–C) groups is 1. The van der Waals surface area contributed by atoms with Crippen LogP contribution in [-0.2, 0) is 10.9 Å². The molecule has 0 radical (unpaired) electrons. The summed E-state index contributed by atoms with van der Waals surface area (Å²) in [5.41, 5.74) is -0.588. The molecule has 1 saturated heterocycles. The molecule has 9 heteroatoms. The molecule has 1 fully saturated rings. The van der Waals surface area contributed by atoms with E-state index in [2.05, 4.69) is 20.5 Å². The standard InChI is InChI=1S/C21H31F3N4O2/c1-3-25-20(28(2)13-8-16-9-14-30-15-10-16)27-12-11-26-19(29)17-4-6-18(7-5-17)21(22,23)24/h4-7,16H,3,8-15H2,1-2H3,(H,25,27)(H,26,29). The summed E-state index contributed by atoms with van der Waals surface area (Å²) in [5, 5.41) is 5.93. The fourth-order valence-electron chi connectivity index (χ4n) is 3.23. The molecule has 168 valence electrons. The van der Waals surface area contributed by atoms with Crippen LogP contribution in [0.2, 0.25) is 0 Å². The molecule has 0 spiro atoms. The van der Waals surface area contributed by atoms with Crippen LogP contribution >= 0.6 is 0 Å². The number of alkyl halides is 3. The molecule has 0 aliphatic carbocycles. The Morgan fingerprint density at radius 2 is 1.87 bits per heavy atom. The molecule has 1 aliphatic rings. The van der Waals surface area contributed by atoms with Gasteiger partial charge in [-0.2, -0.15) is 13.2 Å². The van der Waals surface area contributed by atoms with Crippen molar-refractivity contribution in [2.75, 3.05) is 46.4 Å². The first kappa shape index (κ1) is 24.0. The molecule has 2 rings (SSSR count). The van der Waals surface area contributed by atoms with E-state index in [-0.39, 0.29) is 5.56 Å². The lowest BCUT2D eigenvalue weighted by atomic mass is 9.96. The molecule has 2 N–H and O–H groups in total. The Hall–Kier alpha value is -2.29. The molecule has 1 amide bonds. The van der Waals surface area contributed by atoms with Crippen LogP contribution in [0.5, 0.6) is 0 Å². The van der Waals surface area contributed by atoms with Crippen molar-refractivity contribution in [3.8, 4) is 0 Å². The molecule has 0 bridgehead atoms. The van der Waals surface area contributed by atoms with Crippen molar-refractivity contribution in [2.24, 2.45) is 10.9 Å². The van der Waals surface area contributed by atoms with E-state index in [4.69, 9.17) is 4.74 Å². The Bertz CT molecular complexity index is 686. The van der Waals surface area contributed by atoms with E-state index in [0.29, 0.717) is 19.0 Å². The zero-order valence-electron chi connectivity index (χ0n) is 17.6. The van der Waals surface area contributed by atoms with Gasteiger partial charge in [0.25, 0.3) is 5.91 Å². The van der Waals surface area contributed by atoms with Crippen molar-refractivity contribution in [2.45, 2.75) is 32.4 Å². The normalized spacial score (nSPS) is 15.7. The lowest BCUT2D eigenvalue weighted by Gasteiger charge is -2.26. The van der Waals surface area contributed by atoms with Gasteiger partial charge in [0.2, 0.25) is 0 Å². The topological polar surface area (TPSA) is 66.0 Å². The number of nitrogens with zero attached hydrogens (tertiary/aromatic N) is 2. The minimum Gasteiger partial charge on any atom is -0.381 e. The molecule has 0 saturated carbocycles. The minimum atomic E-state index is -4.41. The second-order valence-corrected chi connectivity index (χ2v) is 7.33. The molecule has 1 aliphatic heterocycles. The van der Waals surface area contributed by atoms with Crippen LogP contribution in [0.15, 0.2) is 29.3 Å². The van der Waals surface area contributed by atoms with E-state index in [1.165, 1.54) is 12.1 Å². The summed E-state index contributed by atoms with van der Waals surface area (Å²) < 4.78 is 43.2. The largest absolute Gasteiger partial charge is 0.416 e.